The third-order valence-electron chi connectivity index (χ3n) is 3.71. The molecule has 7 nitrogen and oxygen atoms in total. The molecular formula is C19H28BrN3O4. The van der Waals surface area contributed by atoms with Crippen LogP contribution in [0.3, 0.4) is 0 Å². The molecule has 0 fully saturated rings. The van der Waals surface area contributed by atoms with Gasteiger partial charge in [-0.05, 0) is 51.0 Å². The number of ether oxygens (including phenoxy) is 1. The zero-order chi connectivity index (χ0) is 20.6. The van der Waals surface area contributed by atoms with Gasteiger partial charge in [0.1, 0.15) is 18.2 Å². The number of hydrogen-bond donors (Lipinski definition) is 3. The minimum Gasteiger partial charge on any atom is -0.459 e. The molecule has 1 rings (SSSR count). The molecule has 0 saturated carbocycles. The summed E-state index contributed by atoms with van der Waals surface area (Å²) in [6.07, 6.45) is 0.684. The number of halogens is 1. The van der Waals surface area contributed by atoms with E-state index in [1.54, 1.807) is 45.0 Å². The summed E-state index contributed by atoms with van der Waals surface area (Å²) in [7, 11) is 0. The number of nitrogens with one attached hydrogen (secondary N) is 3. The number of urea groups is 1. The first kappa shape index (κ1) is 23.0. The molecule has 0 aliphatic heterocycles. The summed E-state index contributed by atoms with van der Waals surface area (Å²) >= 11 is 3.33. The number of amides is 3. The Morgan fingerprint density at radius 2 is 1.74 bits per heavy atom. The Kier molecular flexibility index (Phi) is 8.75. The van der Waals surface area contributed by atoms with Crippen molar-refractivity contribution in [3.8, 4) is 0 Å². The fraction of sp³-hybridized carbons (Fsp3) is 0.526. The molecule has 0 aliphatic carbocycles. The molecule has 1 aromatic carbocycles. The van der Waals surface area contributed by atoms with Crippen LogP contribution in [0.5, 0.6) is 0 Å². The number of rotatable bonds is 7. The van der Waals surface area contributed by atoms with E-state index >= 15 is 0 Å². The molecule has 0 heterocycles. The van der Waals surface area contributed by atoms with Crippen LogP contribution in [0.2, 0.25) is 0 Å². The van der Waals surface area contributed by atoms with Gasteiger partial charge in [0.15, 0.2) is 0 Å². The third-order valence-corrected chi connectivity index (χ3v) is 4.24. The summed E-state index contributed by atoms with van der Waals surface area (Å²) in [5.41, 5.74) is -0.0199. The Balaban J connectivity index is 2.65. The second-order valence-corrected chi connectivity index (χ2v) is 8.19. The molecule has 0 radical (unpaired) electrons. The molecule has 0 aromatic heterocycles. The van der Waals surface area contributed by atoms with E-state index in [9.17, 15) is 14.4 Å². The second kappa shape index (κ2) is 10.3. The topological polar surface area (TPSA) is 96.5 Å². The number of benzene rings is 1. The zero-order valence-electron chi connectivity index (χ0n) is 16.4. The van der Waals surface area contributed by atoms with Gasteiger partial charge >= 0.3 is 12.0 Å². The highest BCUT2D eigenvalue weighted by Crippen LogP contribution is 2.14. The van der Waals surface area contributed by atoms with Crippen LogP contribution in [-0.4, -0.2) is 36.1 Å². The van der Waals surface area contributed by atoms with Crippen molar-refractivity contribution < 1.29 is 19.1 Å². The highest BCUT2D eigenvalue weighted by molar-refractivity contribution is 9.10. The fourth-order valence-electron chi connectivity index (χ4n) is 2.19. The molecular weight excluding hydrogens is 414 g/mol. The Morgan fingerprint density at radius 3 is 2.26 bits per heavy atom. The second-order valence-electron chi connectivity index (χ2n) is 7.27. The standard InChI is InChI=1S/C19H28BrN3O4/c1-6-12(2)16(17(25)21-11-15(24)27-19(3,4)5)23-18(26)22-14-9-7-13(20)8-10-14/h7-10,12,16H,6,11H2,1-5H3,(H,21,25)(H2,22,23,26)/t12-,16-/m0/s1. The summed E-state index contributed by atoms with van der Waals surface area (Å²) in [5, 5.41) is 7.90. The number of carbonyl (C=O) groups excluding carboxylic acids is 3. The summed E-state index contributed by atoms with van der Waals surface area (Å²) in [5.74, 6) is -1.07. The van der Waals surface area contributed by atoms with Gasteiger partial charge in [-0.2, -0.15) is 0 Å². The van der Waals surface area contributed by atoms with Crippen LogP contribution >= 0.6 is 15.9 Å². The van der Waals surface area contributed by atoms with E-state index < -0.39 is 29.6 Å². The minimum absolute atomic E-state index is 0.112. The van der Waals surface area contributed by atoms with Crippen LogP contribution in [-0.2, 0) is 14.3 Å². The van der Waals surface area contributed by atoms with Crippen LogP contribution < -0.4 is 16.0 Å². The quantitative estimate of drug-likeness (QED) is 0.564. The van der Waals surface area contributed by atoms with E-state index in [4.69, 9.17) is 4.74 Å². The Morgan fingerprint density at radius 1 is 1.15 bits per heavy atom. The van der Waals surface area contributed by atoms with Crippen molar-refractivity contribution in [3.63, 3.8) is 0 Å². The summed E-state index contributed by atoms with van der Waals surface area (Å²) in [6.45, 7) is 8.79. The Bertz CT molecular complexity index is 656. The average molecular weight is 442 g/mol. The van der Waals surface area contributed by atoms with Crippen LogP contribution in [0.1, 0.15) is 41.0 Å². The third kappa shape index (κ3) is 8.90. The monoisotopic (exact) mass is 441 g/mol. The number of carbonyl (C=O) groups is 3. The van der Waals surface area contributed by atoms with E-state index in [0.717, 1.165) is 4.47 Å². The molecule has 0 unspecified atom stereocenters. The predicted octanol–water partition coefficient (Wildman–Crippen LogP) is 3.44. The fourth-order valence-corrected chi connectivity index (χ4v) is 2.45. The Labute approximate surface area is 168 Å². The number of anilines is 1. The molecule has 0 spiro atoms. The molecule has 150 valence electrons. The zero-order valence-corrected chi connectivity index (χ0v) is 18.0. The van der Waals surface area contributed by atoms with Gasteiger partial charge in [-0.25, -0.2) is 4.79 Å². The molecule has 3 amide bonds. The van der Waals surface area contributed by atoms with Gasteiger partial charge in [0, 0.05) is 10.2 Å². The smallest absolute Gasteiger partial charge is 0.325 e. The highest BCUT2D eigenvalue weighted by Gasteiger charge is 2.27. The lowest BCUT2D eigenvalue weighted by atomic mass is 9.98. The van der Waals surface area contributed by atoms with Crippen molar-refractivity contribution in [2.45, 2.75) is 52.7 Å². The van der Waals surface area contributed by atoms with E-state index in [1.165, 1.54) is 0 Å². The SMILES string of the molecule is CC[C@H](C)[C@H](NC(=O)Nc1ccc(Br)cc1)C(=O)NCC(=O)OC(C)(C)C. The minimum atomic E-state index is -0.770. The maximum atomic E-state index is 12.5. The van der Waals surface area contributed by atoms with E-state index in [1.807, 2.05) is 13.8 Å². The van der Waals surface area contributed by atoms with Crippen molar-refractivity contribution in [1.29, 1.82) is 0 Å². The van der Waals surface area contributed by atoms with Crippen molar-refractivity contribution >= 4 is 39.5 Å². The van der Waals surface area contributed by atoms with Crippen LogP contribution in [0, 0.1) is 5.92 Å². The molecule has 8 heteroatoms. The molecule has 0 aliphatic rings. The van der Waals surface area contributed by atoms with E-state index in [2.05, 4.69) is 31.9 Å². The lowest BCUT2D eigenvalue weighted by Crippen LogP contribution is -2.52. The molecule has 27 heavy (non-hydrogen) atoms. The van der Waals surface area contributed by atoms with Gasteiger partial charge in [0.2, 0.25) is 5.91 Å². The number of hydrogen-bond acceptors (Lipinski definition) is 4. The van der Waals surface area contributed by atoms with Crippen molar-refractivity contribution in [3.05, 3.63) is 28.7 Å². The molecule has 2 atom stereocenters. The molecule has 3 N–H and O–H groups in total. The first-order valence-electron chi connectivity index (χ1n) is 8.84. The van der Waals surface area contributed by atoms with E-state index in [0.29, 0.717) is 12.1 Å². The molecule has 0 bridgehead atoms. The van der Waals surface area contributed by atoms with Crippen molar-refractivity contribution in [2.75, 3.05) is 11.9 Å². The van der Waals surface area contributed by atoms with Crippen LogP contribution in [0.4, 0.5) is 10.5 Å². The van der Waals surface area contributed by atoms with E-state index in [-0.39, 0.29) is 12.5 Å². The van der Waals surface area contributed by atoms with Crippen LogP contribution in [0.15, 0.2) is 28.7 Å². The van der Waals surface area contributed by atoms with Gasteiger partial charge in [0.05, 0.1) is 0 Å². The predicted molar refractivity (Wildman–Crippen MR) is 108 cm³/mol. The van der Waals surface area contributed by atoms with Crippen LogP contribution in [0.25, 0.3) is 0 Å². The lowest BCUT2D eigenvalue weighted by Gasteiger charge is -2.24. The average Bonchev–Trinajstić information content (AvgIpc) is 2.57. The lowest BCUT2D eigenvalue weighted by molar-refractivity contribution is -0.154. The van der Waals surface area contributed by atoms with Gasteiger partial charge < -0.3 is 20.7 Å². The van der Waals surface area contributed by atoms with Gasteiger partial charge in [-0.1, -0.05) is 36.2 Å². The number of esters is 1. The largest absolute Gasteiger partial charge is 0.459 e. The first-order valence-corrected chi connectivity index (χ1v) is 9.63. The summed E-state index contributed by atoms with van der Waals surface area (Å²) in [4.78, 5) is 36.5. The molecule has 1 aromatic rings. The summed E-state index contributed by atoms with van der Waals surface area (Å²) < 4.78 is 6.06. The van der Waals surface area contributed by atoms with Gasteiger partial charge in [-0.15, -0.1) is 0 Å². The van der Waals surface area contributed by atoms with Crippen molar-refractivity contribution in [2.24, 2.45) is 5.92 Å². The first-order chi connectivity index (χ1) is 12.5. The van der Waals surface area contributed by atoms with Gasteiger partial charge in [0.25, 0.3) is 0 Å². The highest BCUT2D eigenvalue weighted by atomic mass is 79.9. The van der Waals surface area contributed by atoms with Gasteiger partial charge in [-0.3, -0.25) is 9.59 Å². The maximum Gasteiger partial charge on any atom is 0.325 e. The maximum absolute atomic E-state index is 12.5. The normalized spacial score (nSPS) is 13.3. The summed E-state index contributed by atoms with van der Waals surface area (Å²) in [6, 6.07) is 5.82. The Hall–Kier alpha value is -2.09. The molecule has 0 saturated heterocycles. The van der Waals surface area contributed by atoms with Crippen molar-refractivity contribution in [1.82, 2.24) is 10.6 Å².